The van der Waals surface area contributed by atoms with Gasteiger partial charge in [-0.3, -0.25) is 9.59 Å². The normalized spacial score (nSPS) is 18.0. The van der Waals surface area contributed by atoms with Crippen molar-refractivity contribution in [3.8, 4) is 0 Å². The van der Waals surface area contributed by atoms with Crippen LogP contribution in [0.1, 0.15) is 32.6 Å². The highest BCUT2D eigenvalue weighted by Crippen LogP contribution is 2.27. The first-order valence-electron chi connectivity index (χ1n) is 5.54. The monoisotopic (exact) mass is 213 g/mol. The summed E-state index contributed by atoms with van der Waals surface area (Å²) >= 11 is 0. The number of hydrogen-bond acceptors (Lipinski definition) is 2. The number of aliphatic carboxylic acids is 1. The van der Waals surface area contributed by atoms with Gasteiger partial charge in [0.2, 0.25) is 5.91 Å². The SMILES string of the molecule is CCC(C(=O)O)C(=O)N(C)CC1CCC1. The van der Waals surface area contributed by atoms with E-state index in [1.54, 1.807) is 18.9 Å². The standard InChI is InChI=1S/C11H19NO3/c1-3-9(11(14)15)10(13)12(2)7-8-5-4-6-8/h8-9H,3-7H2,1-2H3,(H,14,15). The van der Waals surface area contributed by atoms with Crippen molar-refractivity contribution in [3.63, 3.8) is 0 Å². The molecule has 4 heteroatoms. The molecule has 1 fully saturated rings. The van der Waals surface area contributed by atoms with Crippen LogP contribution in [-0.2, 0) is 9.59 Å². The summed E-state index contributed by atoms with van der Waals surface area (Å²) in [5, 5.41) is 8.85. The lowest BCUT2D eigenvalue weighted by atomic mass is 9.85. The molecule has 1 rings (SSSR count). The molecule has 1 unspecified atom stereocenters. The number of carbonyl (C=O) groups is 2. The molecule has 0 saturated heterocycles. The average Bonchev–Trinajstić information content (AvgIpc) is 2.11. The Morgan fingerprint density at radius 1 is 1.47 bits per heavy atom. The number of rotatable bonds is 5. The topological polar surface area (TPSA) is 57.6 Å². The summed E-state index contributed by atoms with van der Waals surface area (Å²) in [7, 11) is 1.70. The van der Waals surface area contributed by atoms with Crippen LogP contribution in [0, 0.1) is 11.8 Å². The predicted molar refractivity (Wildman–Crippen MR) is 56.4 cm³/mol. The summed E-state index contributed by atoms with van der Waals surface area (Å²) < 4.78 is 0. The molecule has 1 N–H and O–H groups in total. The van der Waals surface area contributed by atoms with Gasteiger partial charge in [-0.05, 0) is 25.2 Å². The molecular weight excluding hydrogens is 194 g/mol. The molecule has 0 heterocycles. The predicted octanol–water partition coefficient (Wildman–Crippen LogP) is 1.36. The lowest BCUT2D eigenvalue weighted by Crippen LogP contribution is -2.40. The van der Waals surface area contributed by atoms with Gasteiger partial charge < -0.3 is 10.0 Å². The Morgan fingerprint density at radius 3 is 2.40 bits per heavy atom. The van der Waals surface area contributed by atoms with Crippen molar-refractivity contribution in [2.24, 2.45) is 11.8 Å². The van der Waals surface area contributed by atoms with Gasteiger partial charge in [0.25, 0.3) is 0 Å². The molecule has 0 bridgehead atoms. The van der Waals surface area contributed by atoms with Gasteiger partial charge in [-0.2, -0.15) is 0 Å². The van der Waals surface area contributed by atoms with E-state index < -0.39 is 11.9 Å². The van der Waals surface area contributed by atoms with Crippen molar-refractivity contribution >= 4 is 11.9 Å². The first-order chi connectivity index (χ1) is 7.06. The molecule has 1 amide bonds. The molecule has 1 saturated carbocycles. The zero-order chi connectivity index (χ0) is 11.4. The van der Waals surface area contributed by atoms with Gasteiger partial charge in [0, 0.05) is 13.6 Å². The minimum Gasteiger partial charge on any atom is -0.481 e. The molecular formula is C11H19NO3. The maximum atomic E-state index is 11.7. The summed E-state index contributed by atoms with van der Waals surface area (Å²) in [5.41, 5.74) is 0. The second-order valence-corrected chi connectivity index (χ2v) is 4.31. The van der Waals surface area contributed by atoms with Crippen LogP contribution in [0.5, 0.6) is 0 Å². The quantitative estimate of drug-likeness (QED) is 0.701. The molecule has 0 aromatic heterocycles. The molecule has 0 aromatic carbocycles. The van der Waals surface area contributed by atoms with Gasteiger partial charge in [0.1, 0.15) is 5.92 Å². The lowest BCUT2D eigenvalue weighted by Gasteiger charge is -2.31. The molecule has 0 radical (unpaired) electrons. The van der Waals surface area contributed by atoms with Crippen molar-refractivity contribution in [3.05, 3.63) is 0 Å². The molecule has 0 aromatic rings. The van der Waals surface area contributed by atoms with Crippen LogP contribution in [-0.4, -0.2) is 35.5 Å². The van der Waals surface area contributed by atoms with E-state index in [4.69, 9.17) is 5.11 Å². The van der Waals surface area contributed by atoms with Crippen molar-refractivity contribution < 1.29 is 14.7 Å². The fraction of sp³-hybridized carbons (Fsp3) is 0.818. The molecule has 1 atom stereocenters. The minimum absolute atomic E-state index is 0.253. The summed E-state index contributed by atoms with van der Waals surface area (Å²) in [6.07, 6.45) is 3.94. The number of hydrogen-bond donors (Lipinski definition) is 1. The molecule has 86 valence electrons. The third-order valence-electron chi connectivity index (χ3n) is 3.14. The van der Waals surface area contributed by atoms with Gasteiger partial charge >= 0.3 is 5.97 Å². The summed E-state index contributed by atoms with van der Waals surface area (Å²) in [5.74, 6) is -1.54. The smallest absolute Gasteiger partial charge is 0.316 e. The van der Waals surface area contributed by atoms with E-state index in [2.05, 4.69) is 0 Å². The molecule has 1 aliphatic carbocycles. The maximum absolute atomic E-state index is 11.7. The van der Waals surface area contributed by atoms with Crippen LogP contribution >= 0.6 is 0 Å². The maximum Gasteiger partial charge on any atom is 0.316 e. The van der Waals surface area contributed by atoms with E-state index in [1.807, 2.05) is 0 Å². The fourth-order valence-corrected chi connectivity index (χ4v) is 1.87. The molecule has 4 nitrogen and oxygen atoms in total. The van der Waals surface area contributed by atoms with Crippen molar-refractivity contribution in [1.29, 1.82) is 0 Å². The Labute approximate surface area is 90.3 Å². The van der Waals surface area contributed by atoms with E-state index in [0.29, 0.717) is 18.9 Å². The van der Waals surface area contributed by atoms with Gasteiger partial charge in [-0.1, -0.05) is 13.3 Å². The van der Waals surface area contributed by atoms with Gasteiger partial charge in [-0.15, -0.1) is 0 Å². The van der Waals surface area contributed by atoms with Crippen LogP contribution < -0.4 is 0 Å². The van der Waals surface area contributed by atoms with Gasteiger partial charge in [0.05, 0.1) is 0 Å². The van der Waals surface area contributed by atoms with Gasteiger partial charge in [0.15, 0.2) is 0 Å². The lowest BCUT2D eigenvalue weighted by molar-refractivity contribution is -0.151. The number of carbonyl (C=O) groups excluding carboxylic acids is 1. The highest BCUT2D eigenvalue weighted by atomic mass is 16.4. The molecule has 0 spiro atoms. The Kier molecular flexibility index (Phi) is 4.12. The van der Waals surface area contributed by atoms with Crippen molar-refractivity contribution in [2.75, 3.05) is 13.6 Å². The zero-order valence-corrected chi connectivity index (χ0v) is 9.40. The third kappa shape index (κ3) is 2.94. The summed E-state index contributed by atoms with van der Waals surface area (Å²) in [6, 6.07) is 0. The largest absolute Gasteiger partial charge is 0.481 e. The van der Waals surface area contributed by atoms with E-state index >= 15 is 0 Å². The minimum atomic E-state index is -1.01. The Morgan fingerprint density at radius 2 is 2.07 bits per heavy atom. The van der Waals surface area contributed by atoms with E-state index in [-0.39, 0.29) is 5.91 Å². The fourth-order valence-electron chi connectivity index (χ4n) is 1.87. The molecule has 15 heavy (non-hydrogen) atoms. The van der Waals surface area contributed by atoms with E-state index in [9.17, 15) is 9.59 Å². The Balaban J connectivity index is 2.45. The molecule has 1 aliphatic rings. The average molecular weight is 213 g/mol. The van der Waals surface area contributed by atoms with E-state index in [1.165, 1.54) is 19.3 Å². The Hall–Kier alpha value is -1.06. The Bertz CT molecular complexity index is 248. The summed E-state index contributed by atoms with van der Waals surface area (Å²) in [4.78, 5) is 24.1. The second-order valence-electron chi connectivity index (χ2n) is 4.31. The van der Waals surface area contributed by atoms with Gasteiger partial charge in [-0.25, -0.2) is 0 Å². The number of carboxylic acids is 1. The molecule has 0 aliphatic heterocycles. The number of carboxylic acid groups (broad SMARTS) is 1. The highest BCUT2D eigenvalue weighted by Gasteiger charge is 2.29. The first kappa shape index (κ1) is 12.0. The number of amides is 1. The van der Waals surface area contributed by atoms with Crippen LogP contribution in [0.25, 0.3) is 0 Å². The van der Waals surface area contributed by atoms with Crippen LogP contribution in [0.3, 0.4) is 0 Å². The van der Waals surface area contributed by atoms with Crippen molar-refractivity contribution in [2.45, 2.75) is 32.6 Å². The summed E-state index contributed by atoms with van der Waals surface area (Å²) in [6.45, 7) is 2.44. The second kappa shape index (κ2) is 5.14. The zero-order valence-electron chi connectivity index (χ0n) is 9.40. The van der Waals surface area contributed by atoms with Crippen molar-refractivity contribution in [1.82, 2.24) is 4.90 Å². The van der Waals surface area contributed by atoms with E-state index in [0.717, 1.165) is 0 Å². The van der Waals surface area contributed by atoms with Crippen LogP contribution in [0.15, 0.2) is 0 Å². The first-order valence-corrected chi connectivity index (χ1v) is 5.54. The third-order valence-corrected chi connectivity index (χ3v) is 3.14. The highest BCUT2D eigenvalue weighted by molar-refractivity contribution is 5.96. The van der Waals surface area contributed by atoms with Crippen LogP contribution in [0.4, 0.5) is 0 Å². The van der Waals surface area contributed by atoms with Crippen LogP contribution in [0.2, 0.25) is 0 Å². The number of nitrogens with zero attached hydrogens (tertiary/aromatic N) is 1.